The van der Waals surface area contributed by atoms with Crippen LogP contribution in [0.1, 0.15) is 83.5 Å². The SMILES string of the molecule is COC(=O)c1nc(C#N)ccc1NC(=O)c1ccc(C)c2ccccc12.N#Cc1ccc(NC(=O)c2ccc(Cn3ccnn3)c3ccccc23)c(C(=O)NCC2CCC2)n1. The molecule has 1 fully saturated rings. The summed E-state index contributed by atoms with van der Waals surface area (Å²) in [6.45, 7) is 3.06. The zero-order valence-corrected chi connectivity index (χ0v) is 33.2. The topological polar surface area (TPSA) is 218 Å². The molecule has 1 saturated carbocycles. The quantitative estimate of drug-likeness (QED) is 0.120. The van der Waals surface area contributed by atoms with Gasteiger partial charge >= 0.3 is 5.97 Å². The minimum atomic E-state index is -0.730. The molecule has 0 saturated heterocycles. The van der Waals surface area contributed by atoms with Crippen molar-refractivity contribution in [3.05, 3.63) is 154 Å². The lowest BCUT2D eigenvalue weighted by Crippen LogP contribution is -2.33. The number of rotatable bonds is 10. The van der Waals surface area contributed by atoms with Crippen LogP contribution in [0.4, 0.5) is 11.4 Å². The van der Waals surface area contributed by atoms with Gasteiger partial charge in [0.25, 0.3) is 17.7 Å². The van der Waals surface area contributed by atoms with Gasteiger partial charge in [-0.3, -0.25) is 14.4 Å². The molecule has 302 valence electrons. The molecule has 8 rings (SSSR count). The van der Waals surface area contributed by atoms with Crippen LogP contribution in [0.2, 0.25) is 0 Å². The predicted molar refractivity (Wildman–Crippen MR) is 227 cm³/mol. The van der Waals surface area contributed by atoms with Crippen molar-refractivity contribution in [2.24, 2.45) is 5.92 Å². The Balaban J connectivity index is 0.000000193. The molecule has 1 aliphatic rings. The molecule has 0 aliphatic heterocycles. The van der Waals surface area contributed by atoms with Crippen LogP contribution in [-0.2, 0) is 11.3 Å². The number of methoxy groups -OCH3 is 1. The normalized spacial score (nSPS) is 11.9. The number of anilines is 2. The Morgan fingerprint density at radius 2 is 1.30 bits per heavy atom. The first-order valence-corrected chi connectivity index (χ1v) is 19.3. The number of carbonyl (C=O) groups is 4. The van der Waals surface area contributed by atoms with Gasteiger partial charge in [0.15, 0.2) is 11.4 Å². The van der Waals surface area contributed by atoms with Crippen LogP contribution in [0.5, 0.6) is 0 Å². The summed E-state index contributed by atoms with van der Waals surface area (Å²) in [5.74, 6) is -1.41. The monoisotopic (exact) mass is 810 g/mol. The van der Waals surface area contributed by atoms with Gasteiger partial charge in [-0.2, -0.15) is 10.5 Å². The number of esters is 1. The number of benzene rings is 4. The second-order valence-electron chi connectivity index (χ2n) is 14.2. The third kappa shape index (κ3) is 9.22. The van der Waals surface area contributed by atoms with Crippen molar-refractivity contribution in [1.29, 1.82) is 10.5 Å². The molecule has 15 heteroatoms. The highest BCUT2D eigenvalue weighted by molar-refractivity contribution is 6.16. The average Bonchev–Trinajstić information content (AvgIpc) is 3.79. The van der Waals surface area contributed by atoms with Crippen molar-refractivity contribution in [3.63, 3.8) is 0 Å². The summed E-state index contributed by atoms with van der Waals surface area (Å²) in [6.07, 6.45) is 6.76. The van der Waals surface area contributed by atoms with E-state index in [4.69, 9.17) is 5.26 Å². The van der Waals surface area contributed by atoms with Crippen molar-refractivity contribution in [2.75, 3.05) is 24.3 Å². The number of nitriles is 2. The maximum atomic E-state index is 13.3. The Bertz CT molecular complexity index is 2890. The summed E-state index contributed by atoms with van der Waals surface area (Å²) in [4.78, 5) is 59.0. The summed E-state index contributed by atoms with van der Waals surface area (Å²) < 4.78 is 6.41. The fourth-order valence-corrected chi connectivity index (χ4v) is 6.90. The highest BCUT2D eigenvalue weighted by atomic mass is 16.5. The van der Waals surface area contributed by atoms with Gasteiger partial charge in [-0.05, 0) is 94.8 Å². The zero-order chi connectivity index (χ0) is 42.9. The molecular formula is C46H38N10O5. The summed E-state index contributed by atoms with van der Waals surface area (Å²) in [5, 5.41) is 38.0. The molecule has 3 aromatic heterocycles. The van der Waals surface area contributed by atoms with Crippen molar-refractivity contribution >= 4 is 56.6 Å². The van der Waals surface area contributed by atoms with Gasteiger partial charge < -0.3 is 20.7 Å². The first kappa shape index (κ1) is 40.9. The highest BCUT2D eigenvalue weighted by Crippen LogP contribution is 2.28. The van der Waals surface area contributed by atoms with Gasteiger partial charge in [0, 0.05) is 23.9 Å². The number of nitrogens with zero attached hydrogens (tertiary/aromatic N) is 7. The van der Waals surface area contributed by atoms with Crippen molar-refractivity contribution < 1.29 is 23.9 Å². The van der Waals surface area contributed by atoms with Gasteiger partial charge in [-0.1, -0.05) is 72.3 Å². The fraction of sp³-hybridized carbons (Fsp3) is 0.174. The lowest BCUT2D eigenvalue weighted by molar-refractivity contribution is 0.0595. The summed E-state index contributed by atoms with van der Waals surface area (Å²) in [5.41, 5.74) is 3.54. The number of hydrogen-bond acceptors (Lipinski definition) is 11. The van der Waals surface area contributed by atoms with Gasteiger partial charge in [0.1, 0.15) is 23.5 Å². The number of aromatic nitrogens is 5. The molecule has 0 unspecified atom stereocenters. The number of carbonyl (C=O) groups excluding carboxylic acids is 4. The van der Waals surface area contributed by atoms with Crippen LogP contribution in [0, 0.1) is 35.5 Å². The van der Waals surface area contributed by atoms with E-state index in [2.05, 4.69) is 41.0 Å². The van der Waals surface area contributed by atoms with E-state index in [1.165, 1.54) is 31.7 Å². The van der Waals surface area contributed by atoms with E-state index >= 15 is 0 Å². The maximum absolute atomic E-state index is 13.3. The van der Waals surface area contributed by atoms with Crippen LogP contribution < -0.4 is 16.0 Å². The van der Waals surface area contributed by atoms with Crippen LogP contribution in [0.3, 0.4) is 0 Å². The van der Waals surface area contributed by atoms with Crippen molar-refractivity contribution in [3.8, 4) is 12.1 Å². The Morgan fingerprint density at radius 1 is 0.721 bits per heavy atom. The lowest BCUT2D eigenvalue weighted by Gasteiger charge is -2.25. The molecule has 0 bridgehead atoms. The smallest absolute Gasteiger partial charge is 0.358 e. The number of hydrogen-bond donors (Lipinski definition) is 3. The standard InChI is InChI=1S/C26H23N7O2.C20H15N3O3/c27-14-19-9-11-23(24(30-19)26(35)28-15-17-4-3-5-17)31-25(34)22-10-8-18(16-33-13-12-29-32-33)20-6-1-2-7-21(20)22;1-12-7-9-16(15-6-4-3-5-14(12)15)19(24)23-17-10-8-13(11-21)22-18(17)20(25)26-2/h1-2,6-13,17H,3-5,15-16H2,(H,28,35)(H,31,34);3-10H,1-2H3,(H,23,24). The molecule has 4 aromatic carbocycles. The molecule has 3 heterocycles. The molecule has 0 atom stereocenters. The Hall–Kier alpha value is -8.30. The molecule has 1 aliphatic carbocycles. The third-order valence-electron chi connectivity index (χ3n) is 10.3. The number of fused-ring (bicyclic) bond motifs is 2. The van der Waals surface area contributed by atoms with Gasteiger partial charge in [0.2, 0.25) is 0 Å². The number of ether oxygens (including phenoxy) is 1. The van der Waals surface area contributed by atoms with Gasteiger partial charge in [0.05, 0.1) is 31.2 Å². The largest absolute Gasteiger partial charge is 0.464 e. The number of amides is 3. The minimum absolute atomic E-state index is 0.0313. The maximum Gasteiger partial charge on any atom is 0.358 e. The fourth-order valence-electron chi connectivity index (χ4n) is 6.90. The van der Waals surface area contributed by atoms with E-state index in [1.807, 2.05) is 79.7 Å². The van der Waals surface area contributed by atoms with Crippen LogP contribution in [0.25, 0.3) is 21.5 Å². The van der Waals surface area contributed by atoms with E-state index in [1.54, 1.807) is 35.3 Å². The second kappa shape index (κ2) is 18.5. The Morgan fingerprint density at radius 3 is 1.87 bits per heavy atom. The number of nitrogens with one attached hydrogen (secondary N) is 3. The van der Waals surface area contributed by atoms with Crippen LogP contribution in [-0.4, -0.2) is 62.3 Å². The number of aryl methyl sites for hydroxylation is 1. The van der Waals surface area contributed by atoms with Gasteiger partial charge in [-0.15, -0.1) is 5.10 Å². The summed E-state index contributed by atoms with van der Waals surface area (Å²) in [6, 6.07) is 32.2. The van der Waals surface area contributed by atoms with Crippen LogP contribution in [0.15, 0.2) is 109 Å². The van der Waals surface area contributed by atoms with E-state index < -0.39 is 11.9 Å². The van der Waals surface area contributed by atoms with E-state index in [9.17, 15) is 24.4 Å². The third-order valence-corrected chi connectivity index (χ3v) is 10.3. The van der Waals surface area contributed by atoms with E-state index in [-0.39, 0.29) is 46.0 Å². The number of pyridine rings is 2. The Labute approximate surface area is 350 Å². The van der Waals surface area contributed by atoms with Gasteiger partial charge in [-0.25, -0.2) is 19.4 Å². The Kier molecular flexibility index (Phi) is 12.4. The summed E-state index contributed by atoms with van der Waals surface area (Å²) in [7, 11) is 1.21. The zero-order valence-electron chi connectivity index (χ0n) is 33.2. The molecule has 61 heavy (non-hydrogen) atoms. The highest BCUT2D eigenvalue weighted by Gasteiger charge is 2.23. The molecule has 3 amide bonds. The second-order valence-corrected chi connectivity index (χ2v) is 14.2. The van der Waals surface area contributed by atoms with Crippen molar-refractivity contribution in [2.45, 2.75) is 32.7 Å². The van der Waals surface area contributed by atoms with E-state index in [0.717, 1.165) is 45.5 Å². The molecule has 3 N–H and O–H groups in total. The molecule has 0 radical (unpaired) electrons. The summed E-state index contributed by atoms with van der Waals surface area (Å²) >= 11 is 0. The molecular weight excluding hydrogens is 773 g/mol. The molecule has 0 spiro atoms. The predicted octanol–water partition coefficient (Wildman–Crippen LogP) is 6.98. The van der Waals surface area contributed by atoms with Crippen LogP contribution >= 0.6 is 0 Å². The lowest BCUT2D eigenvalue weighted by atomic mass is 9.85. The minimum Gasteiger partial charge on any atom is -0.464 e. The van der Waals surface area contributed by atoms with E-state index in [0.29, 0.717) is 30.1 Å². The van der Waals surface area contributed by atoms with Crippen molar-refractivity contribution in [1.82, 2.24) is 30.3 Å². The first-order chi connectivity index (χ1) is 29.7. The molecule has 15 nitrogen and oxygen atoms in total. The average molecular weight is 811 g/mol. The first-order valence-electron chi connectivity index (χ1n) is 19.3. The molecule has 7 aromatic rings.